The topological polar surface area (TPSA) is 15.3 Å². The SMILES string of the molecule is CCCC1(CN(C)CC2CCCCC2)CCNC1. The largest absolute Gasteiger partial charge is 0.316 e. The van der Waals surface area contributed by atoms with Crippen LogP contribution in [0.2, 0.25) is 0 Å². The van der Waals surface area contributed by atoms with Crippen LogP contribution in [0.4, 0.5) is 0 Å². The van der Waals surface area contributed by atoms with Crippen molar-refractivity contribution in [1.82, 2.24) is 10.2 Å². The highest BCUT2D eigenvalue weighted by Crippen LogP contribution is 2.32. The molecule has 18 heavy (non-hydrogen) atoms. The van der Waals surface area contributed by atoms with E-state index >= 15 is 0 Å². The van der Waals surface area contributed by atoms with Crippen LogP contribution in [0.15, 0.2) is 0 Å². The number of hydrogen-bond donors (Lipinski definition) is 1. The molecule has 2 rings (SSSR count). The van der Waals surface area contributed by atoms with E-state index in [2.05, 4.69) is 24.2 Å². The summed E-state index contributed by atoms with van der Waals surface area (Å²) in [5.41, 5.74) is 0.582. The molecule has 0 spiro atoms. The second kappa shape index (κ2) is 6.91. The second-order valence-electron chi connectivity index (χ2n) is 6.88. The molecule has 2 heteroatoms. The lowest BCUT2D eigenvalue weighted by Gasteiger charge is -2.35. The minimum atomic E-state index is 0.582. The average Bonchev–Trinajstić information content (AvgIpc) is 2.79. The van der Waals surface area contributed by atoms with E-state index in [1.165, 1.54) is 77.5 Å². The lowest BCUT2D eigenvalue weighted by molar-refractivity contribution is 0.148. The van der Waals surface area contributed by atoms with Gasteiger partial charge >= 0.3 is 0 Å². The summed E-state index contributed by atoms with van der Waals surface area (Å²) in [6.07, 6.45) is 11.5. The van der Waals surface area contributed by atoms with E-state index in [-0.39, 0.29) is 0 Å². The zero-order valence-electron chi connectivity index (χ0n) is 12.5. The molecule has 0 aromatic rings. The molecule has 0 aromatic carbocycles. The third kappa shape index (κ3) is 3.96. The fourth-order valence-corrected chi connectivity index (χ4v) is 4.20. The highest BCUT2D eigenvalue weighted by molar-refractivity contribution is 4.90. The van der Waals surface area contributed by atoms with Gasteiger partial charge in [0.25, 0.3) is 0 Å². The van der Waals surface area contributed by atoms with E-state index in [1.807, 2.05) is 0 Å². The molecule has 0 bridgehead atoms. The molecular weight excluding hydrogens is 220 g/mol. The fraction of sp³-hybridized carbons (Fsp3) is 1.00. The van der Waals surface area contributed by atoms with Gasteiger partial charge in [0.1, 0.15) is 0 Å². The Morgan fingerprint density at radius 1 is 1.22 bits per heavy atom. The van der Waals surface area contributed by atoms with Gasteiger partial charge in [-0.15, -0.1) is 0 Å². The molecule has 1 aliphatic heterocycles. The van der Waals surface area contributed by atoms with Crippen LogP contribution >= 0.6 is 0 Å². The summed E-state index contributed by atoms with van der Waals surface area (Å²) in [5, 5.41) is 3.58. The van der Waals surface area contributed by atoms with Crippen molar-refractivity contribution in [2.75, 3.05) is 33.2 Å². The first-order valence-corrected chi connectivity index (χ1v) is 8.13. The molecule has 1 unspecified atom stereocenters. The third-order valence-corrected chi connectivity index (χ3v) is 5.01. The quantitative estimate of drug-likeness (QED) is 0.780. The summed E-state index contributed by atoms with van der Waals surface area (Å²) in [7, 11) is 2.35. The van der Waals surface area contributed by atoms with Crippen LogP contribution in [0, 0.1) is 11.3 Å². The first-order chi connectivity index (χ1) is 8.74. The lowest BCUT2D eigenvalue weighted by Crippen LogP contribution is -2.39. The van der Waals surface area contributed by atoms with E-state index in [9.17, 15) is 0 Å². The molecule has 0 radical (unpaired) electrons. The molecule has 106 valence electrons. The van der Waals surface area contributed by atoms with Crippen molar-refractivity contribution in [2.45, 2.75) is 58.3 Å². The Bertz CT molecular complexity index is 227. The normalized spacial score (nSPS) is 30.2. The zero-order chi connectivity index (χ0) is 12.8. The van der Waals surface area contributed by atoms with Gasteiger partial charge in [0.15, 0.2) is 0 Å². The van der Waals surface area contributed by atoms with E-state index in [4.69, 9.17) is 0 Å². The zero-order valence-corrected chi connectivity index (χ0v) is 12.5. The van der Waals surface area contributed by atoms with Crippen LogP contribution in [0.3, 0.4) is 0 Å². The van der Waals surface area contributed by atoms with Crippen molar-refractivity contribution in [2.24, 2.45) is 11.3 Å². The van der Waals surface area contributed by atoms with Gasteiger partial charge in [0.05, 0.1) is 0 Å². The van der Waals surface area contributed by atoms with Crippen molar-refractivity contribution in [3.8, 4) is 0 Å². The number of nitrogens with zero attached hydrogens (tertiary/aromatic N) is 1. The van der Waals surface area contributed by atoms with E-state index < -0.39 is 0 Å². The summed E-state index contributed by atoms with van der Waals surface area (Å²) in [6, 6.07) is 0. The van der Waals surface area contributed by atoms with E-state index in [0.717, 1.165) is 5.92 Å². The van der Waals surface area contributed by atoms with Gasteiger partial charge in [-0.2, -0.15) is 0 Å². The monoisotopic (exact) mass is 252 g/mol. The highest BCUT2D eigenvalue weighted by Gasteiger charge is 2.34. The fourth-order valence-electron chi connectivity index (χ4n) is 4.20. The molecule has 2 nitrogen and oxygen atoms in total. The first kappa shape index (κ1) is 14.3. The average molecular weight is 252 g/mol. The molecule has 1 N–H and O–H groups in total. The van der Waals surface area contributed by atoms with Crippen LogP contribution in [-0.2, 0) is 0 Å². The van der Waals surface area contributed by atoms with Crippen molar-refractivity contribution in [1.29, 1.82) is 0 Å². The molecule has 1 saturated heterocycles. The minimum absolute atomic E-state index is 0.582. The van der Waals surface area contributed by atoms with Crippen LogP contribution in [-0.4, -0.2) is 38.1 Å². The highest BCUT2D eigenvalue weighted by atomic mass is 15.1. The predicted molar refractivity (Wildman–Crippen MR) is 78.9 cm³/mol. The second-order valence-corrected chi connectivity index (χ2v) is 6.88. The maximum absolute atomic E-state index is 3.58. The molecule has 1 saturated carbocycles. The van der Waals surface area contributed by atoms with Crippen LogP contribution in [0.25, 0.3) is 0 Å². The molecule has 1 aliphatic carbocycles. The van der Waals surface area contributed by atoms with Crippen LogP contribution < -0.4 is 5.32 Å². The van der Waals surface area contributed by atoms with Crippen LogP contribution in [0.5, 0.6) is 0 Å². The summed E-state index contributed by atoms with van der Waals surface area (Å²) in [4.78, 5) is 2.64. The lowest BCUT2D eigenvalue weighted by atomic mass is 9.81. The Labute approximate surface area is 114 Å². The standard InChI is InChI=1S/C16H32N2/c1-3-9-16(10-11-17-13-16)14-18(2)12-15-7-5-4-6-8-15/h15,17H,3-14H2,1-2H3. The van der Waals surface area contributed by atoms with Gasteiger partial charge in [-0.25, -0.2) is 0 Å². The molecule has 2 fully saturated rings. The van der Waals surface area contributed by atoms with Gasteiger partial charge in [0.2, 0.25) is 0 Å². The van der Waals surface area contributed by atoms with Crippen molar-refractivity contribution < 1.29 is 0 Å². The number of hydrogen-bond acceptors (Lipinski definition) is 2. The van der Waals surface area contributed by atoms with Crippen molar-refractivity contribution >= 4 is 0 Å². The summed E-state index contributed by atoms with van der Waals surface area (Å²) >= 11 is 0. The molecule has 0 aromatic heterocycles. The van der Waals surface area contributed by atoms with Gasteiger partial charge in [-0.1, -0.05) is 32.6 Å². The van der Waals surface area contributed by atoms with E-state index in [1.54, 1.807) is 0 Å². The van der Waals surface area contributed by atoms with Gasteiger partial charge in [0, 0.05) is 19.6 Å². The molecule has 2 aliphatic rings. The van der Waals surface area contributed by atoms with Crippen molar-refractivity contribution in [3.63, 3.8) is 0 Å². The Balaban J connectivity index is 1.78. The maximum atomic E-state index is 3.58. The Morgan fingerprint density at radius 2 is 2.00 bits per heavy atom. The number of rotatable bonds is 6. The van der Waals surface area contributed by atoms with Crippen LogP contribution in [0.1, 0.15) is 58.3 Å². The minimum Gasteiger partial charge on any atom is -0.316 e. The van der Waals surface area contributed by atoms with Gasteiger partial charge < -0.3 is 10.2 Å². The maximum Gasteiger partial charge on any atom is 0.00477 e. The molecule has 1 atom stereocenters. The predicted octanol–water partition coefficient (Wildman–Crippen LogP) is 3.28. The van der Waals surface area contributed by atoms with Crippen molar-refractivity contribution in [3.05, 3.63) is 0 Å². The first-order valence-electron chi connectivity index (χ1n) is 8.13. The summed E-state index contributed by atoms with van der Waals surface area (Å²) in [5.74, 6) is 0.983. The smallest absolute Gasteiger partial charge is 0.00477 e. The summed E-state index contributed by atoms with van der Waals surface area (Å²) < 4.78 is 0. The Hall–Kier alpha value is -0.0800. The van der Waals surface area contributed by atoms with Gasteiger partial charge in [-0.3, -0.25) is 0 Å². The molecule has 0 amide bonds. The summed E-state index contributed by atoms with van der Waals surface area (Å²) in [6.45, 7) is 7.46. The number of nitrogens with one attached hydrogen (secondary N) is 1. The Morgan fingerprint density at radius 3 is 2.61 bits per heavy atom. The molecule has 1 heterocycles. The third-order valence-electron chi connectivity index (χ3n) is 5.01. The Kier molecular flexibility index (Phi) is 5.50. The molecular formula is C16H32N2. The van der Waals surface area contributed by atoms with E-state index in [0.29, 0.717) is 5.41 Å². The van der Waals surface area contributed by atoms with Gasteiger partial charge in [-0.05, 0) is 50.6 Å².